The van der Waals surface area contributed by atoms with Gasteiger partial charge in [0.25, 0.3) is 0 Å². The number of hydrogen-bond acceptors (Lipinski definition) is 4. The van der Waals surface area contributed by atoms with Crippen LogP contribution >= 0.6 is 34.8 Å². The Morgan fingerprint density at radius 1 is 1.32 bits per heavy atom. The zero-order valence-corrected chi connectivity index (χ0v) is 11.7. The molecule has 0 saturated carbocycles. The van der Waals surface area contributed by atoms with Gasteiger partial charge in [0, 0.05) is 5.02 Å². The van der Waals surface area contributed by atoms with Crippen LogP contribution in [-0.2, 0) is 11.3 Å². The third-order valence-electron chi connectivity index (χ3n) is 2.13. The summed E-state index contributed by atoms with van der Waals surface area (Å²) in [6, 6.07) is 2.97. The van der Waals surface area contributed by atoms with E-state index < -0.39 is 0 Å². The van der Waals surface area contributed by atoms with E-state index in [9.17, 15) is 4.79 Å². The Kier molecular flexibility index (Phi) is 4.14. The number of nitrogens with two attached hydrogens (primary N) is 1. The molecule has 1 aromatic carbocycles. The molecule has 0 spiro atoms. The first-order valence-corrected chi connectivity index (χ1v) is 6.19. The predicted octanol–water partition coefficient (Wildman–Crippen LogP) is 2.46. The number of nitrogens with zero attached hydrogens (tertiary/aromatic N) is 3. The molecule has 0 aliphatic carbocycles. The smallest absolute Gasteiger partial charge is 0.246 e. The molecule has 1 amide bonds. The number of nitrogens with one attached hydrogen (secondary N) is 1. The van der Waals surface area contributed by atoms with E-state index in [1.807, 2.05) is 0 Å². The van der Waals surface area contributed by atoms with Gasteiger partial charge in [-0.3, -0.25) is 4.79 Å². The molecule has 0 fully saturated rings. The molecule has 0 unspecified atom stereocenters. The van der Waals surface area contributed by atoms with E-state index in [1.165, 1.54) is 23.0 Å². The molecular formula is C10H8Cl3N5O. The second kappa shape index (κ2) is 5.64. The second-order valence-corrected chi connectivity index (χ2v) is 4.88. The van der Waals surface area contributed by atoms with Crippen molar-refractivity contribution in [2.24, 2.45) is 0 Å². The lowest BCUT2D eigenvalue weighted by Gasteiger charge is -2.09. The van der Waals surface area contributed by atoms with Crippen molar-refractivity contribution >= 4 is 52.2 Å². The van der Waals surface area contributed by atoms with E-state index in [0.717, 1.165) is 0 Å². The third kappa shape index (κ3) is 3.50. The van der Waals surface area contributed by atoms with Gasteiger partial charge < -0.3 is 11.1 Å². The minimum absolute atomic E-state index is 0.0561. The summed E-state index contributed by atoms with van der Waals surface area (Å²) in [5, 5.41) is 10.7. The van der Waals surface area contributed by atoms with Crippen molar-refractivity contribution in [3.8, 4) is 0 Å². The Hall–Kier alpha value is -1.50. The van der Waals surface area contributed by atoms with Crippen LogP contribution in [0.25, 0.3) is 0 Å². The van der Waals surface area contributed by atoms with Crippen molar-refractivity contribution in [3.05, 3.63) is 33.4 Å². The van der Waals surface area contributed by atoms with Gasteiger partial charge in [0.1, 0.15) is 6.54 Å². The van der Waals surface area contributed by atoms with Gasteiger partial charge in [-0.1, -0.05) is 40.0 Å². The van der Waals surface area contributed by atoms with E-state index in [2.05, 4.69) is 15.6 Å². The quantitative estimate of drug-likeness (QED) is 0.909. The summed E-state index contributed by atoms with van der Waals surface area (Å²) < 4.78 is 1.29. The van der Waals surface area contributed by atoms with Crippen molar-refractivity contribution < 1.29 is 4.79 Å². The van der Waals surface area contributed by atoms with Crippen molar-refractivity contribution in [2.75, 3.05) is 11.1 Å². The zero-order chi connectivity index (χ0) is 14.0. The van der Waals surface area contributed by atoms with Gasteiger partial charge in [0.15, 0.2) is 5.82 Å². The highest BCUT2D eigenvalue weighted by atomic mass is 35.5. The fraction of sp³-hybridized carbons (Fsp3) is 0.100. The average Bonchev–Trinajstić information content (AvgIpc) is 2.69. The summed E-state index contributed by atoms with van der Waals surface area (Å²) in [5.74, 6) is -0.133. The Morgan fingerprint density at radius 3 is 2.47 bits per heavy atom. The minimum atomic E-state index is -0.365. The molecule has 100 valence electrons. The average molecular weight is 321 g/mol. The molecule has 2 rings (SSSR count). The van der Waals surface area contributed by atoms with Gasteiger partial charge >= 0.3 is 0 Å². The Balaban J connectivity index is 2.11. The van der Waals surface area contributed by atoms with Crippen LogP contribution in [0.5, 0.6) is 0 Å². The molecule has 9 heteroatoms. The van der Waals surface area contributed by atoms with E-state index in [0.29, 0.717) is 10.7 Å². The maximum atomic E-state index is 11.8. The topological polar surface area (TPSA) is 85.8 Å². The Bertz CT molecular complexity index is 604. The lowest BCUT2D eigenvalue weighted by Crippen LogP contribution is -2.19. The molecule has 3 N–H and O–H groups in total. The summed E-state index contributed by atoms with van der Waals surface area (Å²) >= 11 is 17.7. The summed E-state index contributed by atoms with van der Waals surface area (Å²) in [7, 11) is 0. The van der Waals surface area contributed by atoms with Crippen LogP contribution in [0.15, 0.2) is 18.3 Å². The van der Waals surface area contributed by atoms with Crippen molar-refractivity contribution in [2.45, 2.75) is 6.54 Å². The van der Waals surface area contributed by atoms with Crippen molar-refractivity contribution in [3.63, 3.8) is 0 Å². The van der Waals surface area contributed by atoms with E-state index in [-0.39, 0.29) is 28.3 Å². The van der Waals surface area contributed by atoms with E-state index in [1.54, 1.807) is 0 Å². The largest absolute Gasteiger partial charge is 0.381 e. The predicted molar refractivity (Wildman–Crippen MR) is 74.5 cm³/mol. The standard InChI is InChI=1S/C10H8Cl3N5O/c11-5-1-6(12)10(7(13)2-5)15-9(19)4-18-3-8(14)16-17-18/h1-3H,4,14H2,(H,15,19). The fourth-order valence-corrected chi connectivity index (χ4v) is 2.29. The summed E-state index contributed by atoms with van der Waals surface area (Å²) in [6.45, 7) is -0.0561. The number of hydrogen-bond donors (Lipinski definition) is 2. The normalized spacial score (nSPS) is 10.5. The minimum Gasteiger partial charge on any atom is -0.381 e. The SMILES string of the molecule is Nc1cn(CC(=O)Nc2c(Cl)cc(Cl)cc2Cl)nn1. The second-order valence-electron chi connectivity index (χ2n) is 3.63. The van der Waals surface area contributed by atoms with Gasteiger partial charge in [-0.05, 0) is 12.1 Å². The number of amides is 1. The number of carbonyl (C=O) groups is 1. The van der Waals surface area contributed by atoms with Crippen LogP contribution in [0, 0.1) is 0 Å². The number of halogens is 3. The number of anilines is 2. The van der Waals surface area contributed by atoms with Gasteiger partial charge in [0.2, 0.25) is 5.91 Å². The number of rotatable bonds is 3. The fourth-order valence-electron chi connectivity index (χ4n) is 1.38. The molecule has 1 heterocycles. The van der Waals surface area contributed by atoms with Gasteiger partial charge in [-0.2, -0.15) is 0 Å². The van der Waals surface area contributed by atoms with Crippen molar-refractivity contribution in [1.82, 2.24) is 15.0 Å². The van der Waals surface area contributed by atoms with Crippen LogP contribution < -0.4 is 11.1 Å². The number of nitrogen functional groups attached to an aromatic ring is 1. The lowest BCUT2D eigenvalue weighted by molar-refractivity contribution is -0.116. The molecule has 2 aromatic rings. The monoisotopic (exact) mass is 319 g/mol. The van der Waals surface area contributed by atoms with Crippen LogP contribution in [0.2, 0.25) is 15.1 Å². The summed E-state index contributed by atoms with van der Waals surface area (Å²) in [5.41, 5.74) is 5.69. The van der Waals surface area contributed by atoms with Crippen LogP contribution in [-0.4, -0.2) is 20.9 Å². The highest BCUT2D eigenvalue weighted by Gasteiger charge is 2.12. The summed E-state index contributed by atoms with van der Waals surface area (Å²) in [4.78, 5) is 11.8. The molecule has 6 nitrogen and oxygen atoms in total. The van der Waals surface area contributed by atoms with Crippen LogP contribution in [0.1, 0.15) is 0 Å². The first kappa shape index (κ1) is 13.9. The number of carbonyl (C=O) groups excluding carboxylic acids is 1. The van der Waals surface area contributed by atoms with E-state index in [4.69, 9.17) is 40.5 Å². The van der Waals surface area contributed by atoms with Gasteiger partial charge in [0.05, 0.1) is 21.9 Å². The maximum absolute atomic E-state index is 11.8. The highest BCUT2D eigenvalue weighted by molar-refractivity contribution is 6.42. The lowest BCUT2D eigenvalue weighted by atomic mass is 10.3. The molecule has 0 aliphatic rings. The molecular weight excluding hydrogens is 313 g/mol. The summed E-state index contributed by atoms with van der Waals surface area (Å²) in [6.07, 6.45) is 1.44. The first-order chi connectivity index (χ1) is 8.95. The van der Waals surface area contributed by atoms with Gasteiger partial charge in [-0.25, -0.2) is 4.68 Å². The Morgan fingerprint density at radius 2 is 1.95 bits per heavy atom. The third-order valence-corrected chi connectivity index (χ3v) is 2.95. The number of benzene rings is 1. The highest BCUT2D eigenvalue weighted by Crippen LogP contribution is 2.33. The van der Waals surface area contributed by atoms with Crippen LogP contribution in [0.4, 0.5) is 11.5 Å². The molecule has 1 aromatic heterocycles. The maximum Gasteiger partial charge on any atom is 0.246 e. The van der Waals surface area contributed by atoms with Crippen LogP contribution in [0.3, 0.4) is 0 Å². The van der Waals surface area contributed by atoms with E-state index >= 15 is 0 Å². The molecule has 0 aliphatic heterocycles. The van der Waals surface area contributed by atoms with Gasteiger partial charge in [-0.15, -0.1) is 5.10 Å². The zero-order valence-electron chi connectivity index (χ0n) is 9.40. The van der Waals surface area contributed by atoms with Crippen molar-refractivity contribution in [1.29, 1.82) is 0 Å². The first-order valence-electron chi connectivity index (χ1n) is 5.05. The molecule has 0 bridgehead atoms. The molecule has 0 atom stereocenters. The number of aromatic nitrogens is 3. The Labute approximate surface area is 123 Å². The molecule has 0 saturated heterocycles. The molecule has 0 radical (unpaired) electrons. The molecule has 19 heavy (non-hydrogen) atoms.